The van der Waals surface area contributed by atoms with Crippen LogP contribution < -0.4 is 10.6 Å². The van der Waals surface area contributed by atoms with Gasteiger partial charge in [0.2, 0.25) is 0 Å². The van der Waals surface area contributed by atoms with Crippen LogP contribution in [0.1, 0.15) is 36.0 Å². The van der Waals surface area contributed by atoms with E-state index in [-0.39, 0.29) is 29.4 Å². The van der Waals surface area contributed by atoms with Crippen LogP contribution in [0.2, 0.25) is 0 Å². The molecule has 0 spiro atoms. The van der Waals surface area contributed by atoms with Crippen LogP contribution in [0.5, 0.6) is 5.75 Å². The summed E-state index contributed by atoms with van der Waals surface area (Å²) >= 11 is 0. The van der Waals surface area contributed by atoms with Crippen molar-refractivity contribution in [2.24, 2.45) is 17.6 Å². The van der Waals surface area contributed by atoms with Crippen molar-refractivity contribution in [1.29, 1.82) is 0 Å². The Labute approximate surface area is 246 Å². The molecule has 4 atom stereocenters. The van der Waals surface area contributed by atoms with Crippen LogP contribution in [0, 0.1) is 11.8 Å². The minimum atomic E-state index is -2.39. The van der Waals surface area contributed by atoms with E-state index in [4.69, 9.17) is 18.0 Å². The first-order valence-corrected chi connectivity index (χ1v) is 14.3. The van der Waals surface area contributed by atoms with E-state index in [1.165, 1.54) is 0 Å². The summed E-state index contributed by atoms with van der Waals surface area (Å²) in [5.74, 6) is -4.38. The molecule has 0 bridgehead atoms. The van der Waals surface area contributed by atoms with Crippen molar-refractivity contribution in [3.63, 3.8) is 0 Å². The van der Waals surface area contributed by atoms with Gasteiger partial charge in [-0.2, -0.15) is 0 Å². The van der Waals surface area contributed by atoms with Crippen LogP contribution in [-0.4, -0.2) is 121 Å². The molecule has 1 amide bonds. The van der Waals surface area contributed by atoms with Gasteiger partial charge in [-0.15, -0.1) is 0 Å². The number of primary amides is 1. The number of rotatable bonds is 6. The van der Waals surface area contributed by atoms with Gasteiger partial charge in [0.1, 0.15) is 0 Å². The Bertz CT molecular complexity index is 1410. The number of hydrogen-bond donors (Lipinski definition) is 5. The van der Waals surface area contributed by atoms with E-state index in [0.29, 0.717) is 18.5 Å². The van der Waals surface area contributed by atoms with Gasteiger partial charge < -0.3 is 4.74 Å². The number of anilines is 1. The number of nitrogens with zero attached hydrogens (tertiary/aromatic N) is 3. The van der Waals surface area contributed by atoms with Crippen LogP contribution in [0.3, 0.4) is 0 Å². The third kappa shape index (κ3) is 4.47. The van der Waals surface area contributed by atoms with E-state index < -0.39 is 57.7 Å². The molecule has 2 fully saturated rings. The van der Waals surface area contributed by atoms with Gasteiger partial charge in [0.25, 0.3) is 0 Å². The molecule has 1 aliphatic heterocycles. The van der Waals surface area contributed by atoms with Gasteiger partial charge in [0.05, 0.1) is 6.10 Å². The molecule has 12 heteroatoms. The molecule has 0 aromatic heterocycles. The number of carbonyl (C=O) groups is 2. The van der Waals surface area contributed by atoms with Crippen molar-refractivity contribution in [2.75, 3.05) is 53.3 Å². The summed E-state index contributed by atoms with van der Waals surface area (Å²) in [6.45, 7) is 2.30. The van der Waals surface area contributed by atoms with Gasteiger partial charge in [0, 0.05) is 7.11 Å². The molecule has 1 saturated carbocycles. The zero-order valence-corrected chi connectivity index (χ0v) is 24.8. The Morgan fingerprint density at radius 1 is 1.19 bits per heavy atom. The number of likely N-dealkylation sites (tertiary alicyclic amines) is 1. The fourth-order valence-electron chi connectivity index (χ4n) is 7.69. The molecule has 11 nitrogen and oxygen atoms in total. The number of aliphatic hydroxyl groups is 3. The van der Waals surface area contributed by atoms with Gasteiger partial charge in [-0.1, -0.05) is 0 Å². The van der Waals surface area contributed by atoms with Crippen molar-refractivity contribution >= 4 is 36.1 Å². The standard InChI is InChI=1S/C30H40BN4O7/c1-33(2)23-15(13-35-8-6-16(42-5)7-9-35)12-19(36)21-17(23)10-14-11-18-24(34(3)4)26(38)22(29(32)40)27(31)30(18,41)28(39)20(14)25(21)37/h12,14,16,18,24,36-38,41H,6-11,13H2,1-5H3,(H2,32,40)/t14-,18-,24-,30+/m0/s1. The number of hydrogen-bond acceptors (Lipinski definition) is 10. The van der Waals surface area contributed by atoms with Gasteiger partial charge in [-0.3, -0.25) is 0 Å². The van der Waals surface area contributed by atoms with Crippen LogP contribution >= 0.6 is 0 Å². The van der Waals surface area contributed by atoms with Gasteiger partial charge in [0.15, 0.2) is 0 Å². The third-order valence-corrected chi connectivity index (χ3v) is 9.58. The van der Waals surface area contributed by atoms with Gasteiger partial charge in [-0.25, -0.2) is 0 Å². The number of amides is 1. The molecular weight excluding hydrogens is 539 g/mol. The summed E-state index contributed by atoms with van der Waals surface area (Å²) in [7, 11) is 15.1. The first-order valence-electron chi connectivity index (χ1n) is 14.3. The second-order valence-corrected chi connectivity index (χ2v) is 12.4. The van der Waals surface area contributed by atoms with Crippen molar-refractivity contribution in [3.8, 4) is 5.75 Å². The Kier molecular flexibility index (Phi) is 7.80. The molecule has 1 aromatic rings. The SMILES string of the molecule is [B]=C1C(C(N)=O)=C(O)[C@@H](N(C)C)[C@@H]2C[C@@H]3Cc4c(c(O)cc(CN5CCC(OC)CC5)c4N(C)C)C(O)=C3C(=O)[C@]12O. The number of fused-ring (bicyclic) bond motifs is 3. The molecule has 4 aliphatic rings. The maximum absolute atomic E-state index is 14.1. The number of aliphatic hydroxyl groups excluding tert-OH is 2. The van der Waals surface area contributed by atoms with E-state index in [0.717, 1.165) is 37.2 Å². The number of carbonyl (C=O) groups excluding carboxylic acids is 2. The van der Waals surface area contributed by atoms with E-state index in [1.54, 1.807) is 32.2 Å². The van der Waals surface area contributed by atoms with Crippen LogP contribution in [0.4, 0.5) is 5.69 Å². The first kappa shape index (κ1) is 30.3. The average Bonchev–Trinajstić information content (AvgIpc) is 2.90. The zero-order valence-electron chi connectivity index (χ0n) is 24.8. The van der Waals surface area contributed by atoms with Crippen molar-refractivity contribution in [1.82, 2.24) is 9.80 Å². The number of methoxy groups -OCH3 is 1. The van der Waals surface area contributed by atoms with E-state index >= 15 is 0 Å². The monoisotopic (exact) mass is 579 g/mol. The predicted octanol–water partition coefficient (Wildman–Crippen LogP) is 0.413. The molecule has 6 N–H and O–H groups in total. The second-order valence-electron chi connectivity index (χ2n) is 12.4. The maximum atomic E-state index is 14.1. The fraction of sp³-hybridized carbons (Fsp3) is 0.567. The minimum absolute atomic E-state index is 0.0543. The molecule has 1 heterocycles. The Morgan fingerprint density at radius 3 is 2.38 bits per heavy atom. The van der Waals surface area contributed by atoms with Crippen LogP contribution in [-0.2, 0) is 27.3 Å². The summed E-state index contributed by atoms with van der Waals surface area (Å²) < 4.78 is 5.51. The number of Topliss-reactive ketones (excluding diaryl/α,β-unsaturated/α-hetero) is 1. The number of likely N-dealkylation sites (N-methyl/N-ethyl adjacent to an activating group) is 1. The fourth-order valence-corrected chi connectivity index (χ4v) is 7.69. The molecular formula is C30H40BN4O7. The zero-order chi connectivity index (χ0) is 30.8. The molecule has 225 valence electrons. The molecule has 1 aromatic carbocycles. The number of piperidine rings is 1. The number of ether oxygens (including phenoxy) is 1. The number of aromatic hydroxyl groups is 1. The van der Waals surface area contributed by atoms with Crippen molar-refractivity contribution < 1.29 is 34.8 Å². The number of ketones is 1. The topological polar surface area (TPSA) is 160 Å². The molecule has 42 heavy (non-hydrogen) atoms. The molecule has 1 radical (unpaired) electrons. The second kappa shape index (κ2) is 10.8. The average molecular weight is 579 g/mol. The normalized spacial score (nSPS) is 28.6. The van der Waals surface area contributed by atoms with Gasteiger partial charge in [-0.05, 0) is 12.8 Å². The molecule has 0 unspecified atom stereocenters. The summed E-state index contributed by atoms with van der Waals surface area (Å²) in [6.07, 6.45) is 2.54. The first-order chi connectivity index (χ1) is 19.7. The Hall–Kier alpha value is -3.19. The summed E-state index contributed by atoms with van der Waals surface area (Å²) in [5.41, 5.74) is 4.65. The quantitative estimate of drug-likeness (QED) is 0.299. The van der Waals surface area contributed by atoms with Crippen LogP contribution in [0.25, 0.3) is 5.76 Å². The number of phenols is 1. The van der Waals surface area contributed by atoms with Gasteiger partial charge >= 0.3 is 216 Å². The summed E-state index contributed by atoms with van der Waals surface area (Å²) in [5, 5.41) is 45.9. The molecule has 3 aliphatic carbocycles. The van der Waals surface area contributed by atoms with E-state index in [2.05, 4.69) is 4.90 Å². The number of phenolic OH excluding ortho intramolecular Hbond substituents is 1. The van der Waals surface area contributed by atoms with Crippen molar-refractivity contribution in [3.05, 3.63) is 39.7 Å². The van der Waals surface area contributed by atoms with Crippen LogP contribution in [0.15, 0.2) is 23.0 Å². The Balaban J connectivity index is 1.62. The molecule has 5 rings (SSSR count). The van der Waals surface area contributed by atoms with E-state index in [1.807, 2.05) is 19.0 Å². The molecule has 1 saturated heterocycles. The number of nitrogens with two attached hydrogens (primary N) is 1. The van der Waals surface area contributed by atoms with Crippen molar-refractivity contribution in [2.45, 2.75) is 50.0 Å². The third-order valence-electron chi connectivity index (χ3n) is 9.58. The Morgan fingerprint density at radius 2 is 1.83 bits per heavy atom. The predicted molar refractivity (Wildman–Crippen MR) is 160 cm³/mol. The summed E-state index contributed by atoms with van der Waals surface area (Å²) in [6, 6.07) is 0.704. The number of benzene rings is 1. The van der Waals surface area contributed by atoms with E-state index in [9.17, 15) is 30.0 Å². The summed E-state index contributed by atoms with van der Waals surface area (Å²) in [4.78, 5) is 32.3.